The molecule has 8 nitrogen and oxygen atoms in total. The van der Waals surface area contributed by atoms with Crippen LogP contribution in [0, 0.1) is 5.92 Å². The molecule has 0 aromatic carbocycles. The van der Waals surface area contributed by atoms with Gasteiger partial charge in [-0.05, 0) is 36.6 Å². The van der Waals surface area contributed by atoms with E-state index in [0.717, 1.165) is 24.9 Å². The van der Waals surface area contributed by atoms with Crippen molar-refractivity contribution in [1.29, 1.82) is 0 Å². The fourth-order valence-electron chi connectivity index (χ4n) is 3.09. The standard InChI is InChI=1S/C16H16ClN7O/c17-16-22-13-12(19-9-20-13)14(23-16)24-6-2-3-10(8-24)15(25)21-11-4-1-5-18-7-11/h1,4-5,7,9-10H,2-3,6,8H2,(H,21,25)(H,19,20,22,23)/t10-/m0/s1. The quantitative estimate of drug-likeness (QED) is 0.697. The van der Waals surface area contributed by atoms with Crippen molar-refractivity contribution in [3.8, 4) is 0 Å². The summed E-state index contributed by atoms with van der Waals surface area (Å²) in [5.74, 6) is 0.533. The fourth-order valence-corrected chi connectivity index (χ4v) is 3.25. The maximum absolute atomic E-state index is 12.6. The second-order valence-electron chi connectivity index (χ2n) is 5.93. The molecule has 0 bridgehead atoms. The number of rotatable bonds is 3. The molecule has 4 heterocycles. The van der Waals surface area contributed by atoms with Crippen molar-refractivity contribution in [3.05, 3.63) is 36.1 Å². The third-order valence-electron chi connectivity index (χ3n) is 4.26. The molecule has 1 fully saturated rings. The van der Waals surface area contributed by atoms with Crippen LogP contribution in [0.5, 0.6) is 0 Å². The van der Waals surface area contributed by atoms with Gasteiger partial charge in [-0.15, -0.1) is 0 Å². The summed E-state index contributed by atoms with van der Waals surface area (Å²) >= 11 is 6.02. The summed E-state index contributed by atoms with van der Waals surface area (Å²) in [6.07, 6.45) is 6.59. The van der Waals surface area contributed by atoms with Gasteiger partial charge in [-0.3, -0.25) is 9.78 Å². The van der Waals surface area contributed by atoms with Crippen molar-refractivity contribution >= 4 is 40.2 Å². The first-order chi connectivity index (χ1) is 12.2. The van der Waals surface area contributed by atoms with Crippen molar-refractivity contribution < 1.29 is 4.79 Å². The fraction of sp³-hybridized carbons (Fsp3) is 0.312. The molecule has 0 saturated carbocycles. The minimum absolute atomic E-state index is 0.0151. The van der Waals surface area contributed by atoms with Gasteiger partial charge in [-0.2, -0.15) is 9.97 Å². The van der Waals surface area contributed by atoms with E-state index in [4.69, 9.17) is 11.6 Å². The van der Waals surface area contributed by atoms with Crippen molar-refractivity contribution in [2.24, 2.45) is 5.92 Å². The first-order valence-corrected chi connectivity index (χ1v) is 8.41. The highest BCUT2D eigenvalue weighted by molar-refractivity contribution is 6.28. The van der Waals surface area contributed by atoms with Gasteiger partial charge in [-0.1, -0.05) is 0 Å². The Morgan fingerprint density at radius 1 is 1.40 bits per heavy atom. The molecule has 0 radical (unpaired) electrons. The number of pyridine rings is 1. The third-order valence-corrected chi connectivity index (χ3v) is 4.43. The van der Waals surface area contributed by atoms with Crippen LogP contribution >= 0.6 is 11.6 Å². The molecular weight excluding hydrogens is 342 g/mol. The second-order valence-corrected chi connectivity index (χ2v) is 6.27. The molecule has 4 rings (SSSR count). The van der Waals surface area contributed by atoms with Gasteiger partial charge in [0.25, 0.3) is 0 Å². The molecule has 1 saturated heterocycles. The highest BCUT2D eigenvalue weighted by Crippen LogP contribution is 2.28. The number of aromatic nitrogens is 5. The Morgan fingerprint density at radius 3 is 3.16 bits per heavy atom. The topological polar surface area (TPSA) is 99.7 Å². The highest BCUT2D eigenvalue weighted by atomic mass is 35.5. The van der Waals surface area contributed by atoms with E-state index in [1.54, 1.807) is 24.8 Å². The Bertz CT molecular complexity index is 898. The molecule has 1 aliphatic rings. The Balaban J connectivity index is 1.54. The Hall–Kier alpha value is -2.74. The lowest BCUT2D eigenvalue weighted by Gasteiger charge is -2.32. The van der Waals surface area contributed by atoms with Gasteiger partial charge in [-0.25, -0.2) is 4.98 Å². The van der Waals surface area contributed by atoms with E-state index in [9.17, 15) is 4.79 Å². The molecule has 2 N–H and O–H groups in total. The number of imidazole rings is 1. The van der Waals surface area contributed by atoms with E-state index in [0.29, 0.717) is 23.7 Å². The average Bonchev–Trinajstić information content (AvgIpc) is 3.10. The maximum Gasteiger partial charge on any atom is 0.229 e. The molecule has 25 heavy (non-hydrogen) atoms. The van der Waals surface area contributed by atoms with Crippen molar-refractivity contribution in [1.82, 2.24) is 24.9 Å². The van der Waals surface area contributed by atoms with Crippen LogP contribution < -0.4 is 10.2 Å². The summed E-state index contributed by atoms with van der Waals surface area (Å²) < 4.78 is 0. The van der Waals surface area contributed by atoms with Gasteiger partial charge in [0.05, 0.1) is 24.1 Å². The van der Waals surface area contributed by atoms with E-state index < -0.39 is 0 Å². The number of fused-ring (bicyclic) bond motifs is 1. The number of nitrogens with one attached hydrogen (secondary N) is 2. The van der Waals surface area contributed by atoms with Gasteiger partial charge in [0.15, 0.2) is 11.5 Å². The van der Waals surface area contributed by atoms with Crippen LogP contribution in [0.4, 0.5) is 11.5 Å². The first kappa shape index (κ1) is 15.8. The monoisotopic (exact) mass is 357 g/mol. The first-order valence-electron chi connectivity index (χ1n) is 8.03. The number of carbonyl (C=O) groups excluding carboxylic acids is 1. The molecule has 1 amide bonds. The maximum atomic E-state index is 12.6. The van der Waals surface area contributed by atoms with Crippen molar-refractivity contribution in [2.45, 2.75) is 12.8 Å². The van der Waals surface area contributed by atoms with Crippen LogP contribution in [0.25, 0.3) is 11.2 Å². The number of nitrogens with zero attached hydrogens (tertiary/aromatic N) is 5. The predicted molar refractivity (Wildman–Crippen MR) is 94.5 cm³/mol. The number of anilines is 2. The van der Waals surface area contributed by atoms with Crippen LogP contribution in [-0.4, -0.2) is 43.9 Å². The molecule has 9 heteroatoms. The SMILES string of the molecule is O=C(Nc1cccnc1)[C@H]1CCCN(c2nc(Cl)nc3nc[nH]c23)C1. The lowest BCUT2D eigenvalue weighted by Crippen LogP contribution is -2.41. The summed E-state index contributed by atoms with van der Waals surface area (Å²) in [6, 6.07) is 3.62. The van der Waals surface area contributed by atoms with E-state index in [-0.39, 0.29) is 17.1 Å². The number of hydrogen-bond acceptors (Lipinski definition) is 6. The number of aromatic amines is 1. The molecule has 128 valence electrons. The average molecular weight is 358 g/mol. The Morgan fingerprint density at radius 2 is 2.32 bits per heavy atom. The summed E-state index contributed by atoms with van der Waals surface area (Å²) in [5, 5.41) is 3.07. The molecule has 1 aliphatic heterocycles. The minimum atomic E-state index is -0.138. The Kier molecular flexibility index (Phi) is 4.19. The predicted octanol–water partition coefficient (Wildman–Crippen LogP) is 2.26. The van der Waals surface area contributed by atoms with Crippen LogP contribution in [-0.2, 0) is 4.79 Å². The number of carbonyl (C=O) groups is 1. The zero-order valence-electron chi connectivity index (χ0n) is 13.3. The molecule has 1 atom stereocenters. The summed E-state index contributed by atoms with van der Waals surface area (Å²) in [7, 11) is 0. The zero-order valence-corrected chi connectivity index (χ0v) is 14.1. The van der Waals surface area contributed by atoms with Crippen LogP contribution in [0.15, 0.2) is 30.9 Å². The lowest BCUT2D eigenvalue weighted by molar-refractivity contribution is -0.120. The molecular formula is C16H16ClN7O. The van der Waals surface area contributed by atoms with Gasteiger partial charge in [0, 0.05) is 19.3 Å². The second kappa shape index (κ2) is 6.64. The number of H-pyrrole nitrogens is 1. The van der Waals surface area contributed by atoms with E-state index in [2.05, 4.69) is 35.1 Å². The van der Waals surface area contributed by atoms with Crippen molar-refractivity contribution in [2.75, 3.05) is 23.3 Å². The zero-order chi connectivity index (χ0) is 17.2. The summed E-state index contributed by atoms with van der Waals surface area (Å²) in [4.78, 5) is 34.3. The van der Waals surface area contributed by atoms with Gasteiger partial charge >= 0.3 is 0 Å². The normalized spacial score (nSPS) is 17.6. The smallest absolute Gasteiger partial charge is 0.229 e. The molecule has 0 unspecified atom stereocenters. The number of amides is 1. The van der Waals surface area contributed by atoms with E-state index in [1.807, 2.05) is 6.07 Å². The largest absolute Gasteiger partial charge is 0.354 e. The summed E-state index contributed by atoms with van der Waals surface area (Å²) in [5.41, 5.74) is 1.96. The number of hydrogen-bond donors (Lipinski definition) is 2. The molecule has 0 aliphatic carbocycles. The van der Waals surface area contributed by atoms with Crippen molar-refractivity contribution in [3.63, 3.8) is 0 Å². The molecule has 0 spiro atoms. The van der Waals surface area contributed by atoms with Gasteiger partial charge in [0.1, 0.15) is 5.52 Å². The number of halogens is 1. The Labute approximate surface area is 148 Å². The summed E-state index contributed by atoms with van der Waals surface area (Å²) in [6.45, 7) is 1.37. The van der Waals surface area contributed by atoms with E-state index >= 15 is 0 Å². The minimum Gasteiger partial charge on any atom is -0.354 e. The molecule has 3 aromatic rings. The van der Waals surface area contributed by atoms with E-state index in [1.165, 1.54) is 0 Å². The third kappa shape index (κ3) is 3.25. The van der Waals surface area contributed by atoms with Gasteiger partial charge in [0.2, 0.25) is 11.2 Å². The van der Waals surface area contributed by atoms with Crippen LogP contribution in [0.2, 0.25) is 5.28 Å². The molecule has 3 aromatic heterocycles. The van der Waals surface area contributed by atoms with Crippen LogP contribution in [0.3, 0.4) is 0 Å². The highest BCUT2D eigenvalue weighted by Gasteiger charge is 2.28. The number of piperidine rings is 1. The lowest BCUT2D eigenvalue weighted by atomic mass is 9.97. The van der Waals surface area contributed by atoms with Crippen LogP contribution in [0.1, 0.15) is 12.8 Å². The van der Waals surface area contributed by atoms with Gasteiger partial charge < -0.3 is 15.2 Å².